The van der Waals surface area contributed by atoms with Gasteiger partial charge in [-0.05, 0) is 57.4 Å². The highest BCUT2D eigenvalue weighted by Gasteiger charge is 2.29. The van der Waals surface area contributed by atoms with Crippen LogP contribution in [-0.2, 0) is 14.3 Å². The van der Waals surface area contributed by atoms with Crippen molar-refractivity contribution in [2.24, 2.45) is 0 Å². The highest BCUT2D eigenvalue weighted by atomic mass is 16.6. The van der Waals surface area contributed by atoms with Crippen LogP contribution in [0.1, 0.15) is 64.1 Å². The molecule has 30 heavy (non-hydrogen) atoms. The number of phenols is 1. The summed E-state index contributed by atoms with van der Waals surface area (Å²) in [4.78, 5) is 38.7. The van der Waals surface area contributed by atoms with Gasteiger partial charge in [0, 0.05) is 13.6 Å². The zero-order chi connectivity index (χ0) is 22.9. The topological polar surface area (TPSA) is 108 Å². The largest absolute Gasteiger partial charge is 0.508 e. The number of unbranched alkanes of at least 4 members (excludes halogenated alkanes) is 2. The lowest BCUT2D eigenvalue weighted by molar-refractivity contribution is -0.138. The van der Waals surface area contributed by atoms with E-state index in [1.807, 2.05) is 0 Å². The average molecular weight is 422 g/mol. The number of carbonyl (C=O) groups is 3. The molecule has 0 heterocycles. The number of phenolic OH excluding ortho intramolecular Hbond substituents is 1. The van der Waals surface area contributed by atoms with Crippen molar-refractivity contribution in [3.8, 4) is 5.75 Å². The van der Waals surface area contributed by atoms with Crippen LogP contribution >= 0.6 is 0 Å². The first-order valence-electron chi connectivity index (χ1n) is 10.3. The maximum absolute atomic E-state index is 12.9. The average Bonchev–Trinajstić information content (AvgIpc) is 2.64. The Hall–Kier alpha value is -2.77. The second-order valence-electron chi connectivity index (χ2n) is 8.31. The minimum Gasteiger partial charge on any atom is -0.508 e. The molecule has 3 amide bonds. The summed E-state index contributed by atoms with van der Waals surface area (Å²) in [5, 5.41) is 15.1. The molecule has 1 unspecified atom stereocenters. The number of hydrogen-bond acceptors (Lipinski definition) is 5. The highest BCUT2D eigenvalue weighted by Crippen LogP contribution is 2.25. The molecule has 1 aromatic carbocycles. The van der Waals surface area contributed by atoms with Gasteiger partial charge in [0.15, 0.2) is 0 Å². The lowest BCUT2D eigenvalue weighted by atomic mass is 10.0. The third kappa shape index (κ3) is 8.31. The number of nitrogens with one attached hydrogen (secondary N) is 2. The Bertz CT molecular complexity index is 743. The van der Waals surface area contributed by atoms with Crippen molar-refractivity contribution in [1.82, 2.24) is 15.5 Å². The summed E-state index contributed by atoms with van der Waals surface area (Å²) in [6.45, 7) is 9.20. The van der Waals surface area contributed by atoms with E-state index >= 15 is 0 Å². The van der Waals surface area contributed by atoms with Gasteiger partial charge in [0.25, 0.3) is 0 Å². The monoisotopic (exact) mass is 421 g/mol. The molecule has 0 aliphatic heterocycles. The number of alkyl carbamates (subject to hydrolysis) is 1. The summed E-state index contributed by atoms with van der Waals surface area (Å²) < 4.78 is 5.14. The summed E-state index contributed by atoms with van der Waals surface area (Å²) in [5.41, 5.74) is 0.499. The van der Waals surface area contributed by atoms with Crippen molar-refractivity contribution in [1.29, 1.82) is 0 Å². The van der Waals surface area contributed by atoms with E-state index in [1.54, 1.807) is 39.8 Å². The summed E-state index contributed by atoms with van der Waals surface area (Å²) in [7, 11) is 1.51. The molecule has 8 heteroatoms. The molecule has 0 spiro atoms. The van der Waals surface area contributed by atoms with Gasteiger partial charge in [0.2, 0.25) is 11.8 Å². The maximum Gasteiger partial charge on any atom is 0.408 e. The molecule has 0 aliphatic carbocycles. The van der Waals surface area contributed by atoms with Crippen molar-refractivity contribution in [2.45, 2.75) is 65.5 Å². The second kappa shape index (κ2) is 11.4. The Morgan fingerprint density at radius 3 is 2.40 bits per heavy atom. The Labute approximate surface area is 179 Å². The minimum absolute atomic E-state index is 0.112. The van der Waals surface area contributed by atoms with E-state index in [4.69, 9.17) is 4.74 Å². The van der Waals surface area contributed by atoms with Gasteiger partial charge in [-0.1, -0.05) is 25.8 Å². The molecule has 0 bridgehead atoms. The van der Waals surface area contributed by atoms with Crippen molar-refractivity contribution < 1.29 is 24.2 Å². The van der Waals surface area contributed by atoms with E-state index in [-0.39, 0.29) is 18.2 Å². The van der Waals surface area contributed by atoms with Gasteiger partial charge in [-0.15, -0.1) is 0 Å². The third-order valence-corrected chi connectivity index (χ3v) is 4.43. The predicted octanol–water partition coefficient (Wildman–Crippen LogP) is 3.03. The standard InChI is InChI=1S/C22H35N3O5/c1-7-8-9-12-23-20(28)19(16-10-11-17(26)15(2)13-16)25(6)18(27)14-24-21(29)30-22(3,4)5/h10-11,13,19,26H,7-9,12,14H2,1-6H3,(H,23,28)(H,24,29). The number of likely N-dealkylation sites (N-methyl/N-ethyl adjacent to an activating group) is 1. The van der Waals surface area contributed by atoms with Crippen molar-refractivity contribution in [2.75, 3.05) is 20.1 Å². The summed E-state index contributed by atoms with van der Waals surface area (Å²) in [5.74, 6) is -0.647. The number of amides is 3. The molecular weight excluding hydrogens is 386 g/mol. The molecule has 0 aliphatic rings. The van der Waals surface area contributed by atoms with Crippen LogP contribution in [0.15, 0.2) is 18.2 Å². The van der Waals surface area contributed by atoms with Crippen molar-refractivity contribution in [3.05, 3.63) is 29.3 Å². The number of benzene rings is 1. The fourth-order valence-electron chi connectivity index (χ4n) is 2.81. The first kappa shape index (κ1) is 25.3. The van der Waals surface area contributed by atoms with Crippen LogP contribution < -0.4 is 10.6 Å². The van der Waals surface area contributed by atoms with Crippen LogP contribution in [0.4, 0.5) is 4.79 Å². The Kier molecular flexibility index (Phi) is 9.62. The van der Waals surface area contributed by atoms with Crippen molar-refractivity contribution in [3.63, 3.8) is 0 Å². The maximum atomic E-state index is 12.9. The highest BCUT2D eigenvalue weighted by molar-refractivity contribution is 5.90. The van der Waals surface area contributed by atoms with Gasteiger partial charge in [-0.25, -0.2) is 4.79 Å². The molecule has 0 aromatic heterocycles. The van der Waals surface area contributed by atoms with E-state index in [2.05, 4.69) is 17.6 Å². The van der Waals surface area contributed by atoms with E-state index < -0.39 is 23.6 Å². The first-order valence-corrected chi connectivity index (χ1v) is 10.3. The number of aryl methyl sites for hydroxylation is 1. The molecule has 3 N–H and O–H groups in total. The van der Waals surface area contributed by atoms with E-state index in [9.17, 15) is 19.5 Å². The quantitative estimate of drug-likeness (QED) is 0.531. The van der Waals surface area contributed by atoms with E-state index in [0.29, 0.717) is 17.7 Å². The fourth-order valence-corrected chi connectivity index (χ4v) is 2.81. The predicted molar refractivity (Wildman–Crippen MR) is 115 cm³/mol. The molecule has 168 valence electrons. The fraction of sp³-hybridized carbons (Fsp3) is 0.591. The SMILES string of the molecule is CCCCCNC(=O)C(c1ccc(O)c(C)c1)N(C)C(=O)CNC(=O)OC(C)(C)C. The van der Waals surface area contributed by atoms with Crippen LogP contribution in [0.25, 0.3) is 0 Å². The zero-order valence-electron chi connectivity index (χ0n) is 18.9. The summed E-state index contributed by atoms with van der Waals surface area (Å²) >= 11 is 0. The second-order valence-corrected chi connectivity index (χ2v) is 8.31. The van der Waals surface area contributed by atoms with E-state index in [1.165, 1.54) is 18.0 Å². The smallest absolute Gasteiger partial charge is 0.408 e. The molecule has 0 saturated heterocycles. The normalized spacial score (nSPS) is 12.1. The number of rotatable bonds is 9. The Morgan fingerprint density at radius 2 is 1.83 bits per heavy atom. The van der Waals surface area contributed by atoms with Gasteiger partial charge in [0.05, 0.1) is 0 Å². The lowest BCUT2D eigenvalue weighted by Gasteiger charge is -2.28. The Balaban J connectivity index is 2.93. The number of nitrogens with zero attached hydrogens (tertiary/aromatic N) is 1. The third-order valence-electron chi connectivity index (χ3n) is 4.43. The number of hydrogen-bond donors (Lipinski definition) is 3. The molecule has 1 aromatic rings. The van der Waals surface area contributed by atoms with Crippen LogP contribution in [0.3, 0.4) is 0 Å². The zero-order valence-corrected chi connectivity index (χ0v) is 18.9. The van der Waals surface area contributed by atoms with Crippen LogP contribution in [-0.4, -0.2) is 53.7 Å². The summed E-state index contributed by atoms with van der Waals surface area (Å²) in [6, 6.07) is 3.90. The molecule has 1 rings (SSSR count). The Morgan fingerprint density at radius 1 is 1.17 bits per heavy atom. The number of aromatic hydroxyl groups is 1. The first-order chi connectivity index (χ1) is 14.0. The minimum atomic E-state index is -0.890. The van der Waals surface area contributed by atoms with Crippen LogP contribution in [0.5, 0.6) is 5.75 Å². The van der Waals surface area contributed by atoms with Crippen molar-refractivity contribution >= 4 is 17.9 Å². The van der Waals surface area contributed by atoms with Gasteiger partial charge in [-0.2, -0.15) is 0 Å². The van der Waals surface area contributed by atoms with Gasteiger partial charge in [0.1, 0.15) is 23.9 Å². The molecule has 0 radical (unpaired) electrons. The molecule has 0 saturated carbocycles. The molecule has 0 fully saturated rings. The summed E-state index contributed by atoms with van der Waals surface area (Å²) in [6.07, 6.45) is 2.18. The molecular formula is C22H35N3O5. The van der Waals surface area contributed by atoms with E-state index in [0.717, 1.165) is 19.3 Å². The van der Waals surface area contributed by atoms with Crippen LogP contribution in [0.2, 0.25) is 0 Å². The van der Waals surface area contributed by atoms with Crippen LogP contribution in [0, 0.1) is 6.92 Å². The van der Waals surface area contributed by atoms with Gasteiger partial charge >= 0.3 is 6.09 Å². The lowest BCUT2D eigenvalue weighted by Crippen LogP contribution is -2.46. The van der Waals surface area contributed by atoms with Gasteiger partial charge < -0.3 is 25.4 Å². The number of carbonyl (C=O) groups excluding carboxylic acids is 3. The van der Waals surface area contributed by atoms with Gasteiger partial charge in [-0.3, -0.25) is 9.59 Å². The number of ether oxygens (including phenoxy) is 1. The molecule has 1 atom stereocenters. The molecule has 8 nitrogen and oxygen atoms in total.